The number of carbonyl (C=O) groups is 1. The van der Waals surface area contributed by atoms with Gasteiger partial charge in [-0.1, -0.05) is 11.6 Å². The Balaban J connectivity index is 2.68. The van der Waals surface area contributed by atoms with Crippen LogP contribution >= 0.6 is 11.6 Å². The summed E-state index contributed by atoms with van der Waals surface area (Å²) >= 11 is 5.66. The lowest BCUT2D eigenvalue weighted by atomic mass is 10.2. The van der Waals surface area contributed by atoms with Gasteiger partial charge in [0, 0.05) is 18.1 Å². The van der Waals surface area contributed by atoms with E-state index in [9.17, 15) is 9.18 Å². The molecule has 0 heterocycles. The van der Waals surface area contributed by atoms with E-state index in [2.05, 4.69) is 10.6 Å². The second-order valence-corrected chi connectivity index (χ2v) is 3.42. The summed E-state index contributed by atoms with van der Waals surface area (Å²) in [6.07, 6.45) is 0. The maximum atomic E-state index is 13.2. The van der Waals surface area contributed by atoms with Crippen molar-refractivity contribution >= 4 is 17.5 Å². The predicted molar refractivity (Wildman–Crippen MR) is 57.7 cm³/mol. The molecule has 0 atom stereocenters. The fraction of sp³-hybridized carbons (Fsp3) is 0.300. The van der Waals surface area contributed by atoms with Crippen LogP contribution in [0, 0.1) is 5.82 Å². The number of halogens is 2. The van der Waals surface area contributed by atoms with Crippen molar-refractivity contribution < 1.29 is 9.18 Å². The molecule has 0 bridgehead atoms. The quantitative estimate of drug-likeness (QED) is 0.769. The van der Waals surface area contributed by atoms with Crippen molar-refractivity contribution in [3.05, 3.63) is 34.6 Å². The lowest BCUT2D eigenvalue weighted by molar-refractivity contribution is 0.0950. The molecule has 15 heavy (non-hydrogen) atoms. The van der Waals surface area contributed by atoms with E-state index in [1.54, 1.807) is 7.05 Å². The Labute approximate surface area is 92.6 Å². The van der Waals surface area contributed by atoms with Crippen LogP contribution in [0.5, 0.6) is 0 Å². The van der Waals surface area contributed by atoms with Crippen LogP contribution in [-0.2, 0) is 0 Å². The van der Waals surface area contributed by atoms with Gasteiger partial charge in [-0.05, 0) is 25.2 Å². The lowest BCUT2D eigenvalue weighted by Gasteiger charge is -2.05. The van der Waals surface area contributed by atoms with Crippen molar-refractivity contribution in [3.63, 3.8) is 0 Å². The highest BCUT2D eigenvalue weighted by molar-refractivity contribution is 6.30. The molecule has 82 valence electrons. The van der Waals surface area contributed by atoms with E-state index in [-0.39, 0.29) is 5.56 Å². The number of rotatable bonds is 4. The number of hydrogen-bond donors (Lipinski definition) is 2. The van der Waals surface area contributed by atoms with Gasteiger partial charge in [-0.15, -0.1) is 0 Å². The normalized spacial score (nSPS) is 10.1. The van der Waals surface area contributed by atoms with E-state index in [1.807, 2.05) is 0 Å². The van der Waals surface area contributed by atoms with Crippen LogP contribution in [0.25, 0.3) is 0 Å². The molecule has 1 amide bonds. The third-order valence-electron chi connectivity index (χ3n) is 1.83. The van der Waals surface area contributed by atoms with Crippen molar-refractivity contribution in [2.24, 2.45) is 0 Å². The molecule has 0 radical (unpaired) electrons. The SMILES string of the molecule is CNCCNC(=O)c1cc(Cl)ccc1F. The molecule has 0 unspecified atom stereocenters. The van der Waals surface area contributed by atoms with Crippen molar-refractivity contribution in [1.29, 1.82) is 0 Å². The van der Waals surface area contributed by atoms with Gasteiger partial charge in [0.2, 0.25) is 0 Å². The Bertz CT molecular complexity index is 357. The Morgan fingerprint density at radius 2 is 2.20 bits per heavy atom. The fourth-order valence-corrected chi connectivity index (χ4v) is 1.24. The molecule has 1 aromatic carbocycles. The number of amides is 1. The molecule has 0 aliphatic carbocycles. The second kappa shape index (κ2) is 5.68. The number of likely N-dealkylation sites (N-methyl/N-ethyl adjacent to an activating group) is 1. The molecule has 2 N–H and O–H groups in total. The number of benzene rings is 1. The summed E-state index contributed by atoms with van der Waals surface area (Å²) in [7, 11) is 1.77. The molecule has 3 nitrogen and oxygen atoms in total. The zero-order valence-corrected chi connectivity index (χ0v) is 9.07. The Kier molecular flexibility index (Phi) is 4.52. The predicted octanol–water partition coefficient (Wildman–Crippen LogP) is 1.43. The third-order valence-corrected chi connectivity index (χ3v) is 2.07. The zero-order chi connectivity index (χ0) is 11.3. The van der Waals surface area contributed by atoms with Gasteiger partial charge < -0.3 is 10.6 Å². The molecular formula is C10H12ClFN2O. The topological polar surface area (TPSA) is 41.1 Å². The first-order chi connectivity index (χ1) is 7.15. The molecule has 0 saturated heterocycles. The number of nitrogens with one attached hydrogen (secondary N) is 2. The molecule has 0 aliphatic rings. The van der Waals surface area contributed by atoms with Gasteiger partial charge in [0.15, 0.2) is 0 Å². The molecular weight excluding hydrogens is 219 g/mol. The summed E-state index contributed by atoms with van der Waals surface area (Å²) < 4.78 is 13.2. The Hall–Kier alpha value is -1.13. The maximum Gasteiger partial charge on any atom is 0.254 e. The molecule has 1 rings (SSSR count). The summed E-state index contributed by atoms with van der Waals surface area (Å²) in [6.45, 7) is 1.08. The van der Waals surface area contributed by atoms with Gasteiger partial charge in [-0.25, -0.2) is 4.39 Å². The molecule has 5 heteroatoms. The van der Waals surface area contributed by atoms with Crippen molar-refractivity contribution in [3.8, 4) is 0 Å². The summed E-state index contributed by atoms with van der Waals surface area (Å²) in [5, 5.41) is 5.78. The second-order valence-electron chi connectivity index (χ2n) is 2.98. The van der Waals surface area contributed by atoms with Crippen LogP contribution in [0.15, 0.2) is 18.2 Å². The molecule has 0 aromatic heterocycles. The van der Waals surface area contributed by atoms with Gasteiger partial charge in [-0.3, -0.25) is 4.79 Å². The van der Waals surface area contributed by atoms with Crippen LogP contribution in [0.4, 0.5) is 4.39 Å². The van der Waals surface area contributed by atoms with E-state index in [1.165, 1.54) is 18.2 Å². The van der Waals surface area contributed by atoms with Crippen LogP contribution in [0.1, 0.15) is 10.4 Å². The minimum atomic E-state index is -0.568. The standard InChI is InChI=1S/C10H12ClFN2O/c1-13-4-5-14-10(15)8-6-7(11)2-3-9(8)12/h2-3,6,13H,4-5H2,1H3,(H,14,15). The van der Waals surface area contributed by atoms with E-state index in [0.717, 1.165) is 0 Å². The first-order valence-electron chi connectivity index (χ1n) is 4.53. The number of carbonyl (C=O) groups excluding carboxylic acids is 1. The van der Waals surface area contributed by atoms with Crippen molar-refractivity contribution in [1.82, 2.24) is 10.6 Å². The smallest absolute Gasteiger partial charge is 0.254 e. The molecule has 0 aliphatic heterocycles. The first kappa shape index (κ1) is 11.9. The van der Waals surface area contributed by atoms with E-state index < -0.39 is 11.7 Å². The van der Waals surface area contributed by atoms with Crippen molar-refractivity contribution in [2.75, 3.05) is 20.1 Å². The Morgan fingerprint density at radius 1 is 1.47 bits per heavy atom. The monoisotopic (exact) mass is 230 g/mol. The van der Waals surface area contributed by atoms with Crippen LogP contribution < -0.4 is 10.6 Å². The summed E-state index contributed by atoms with van der Waals surface area (Å²) in [5.74, 6) is -1.02. The lowest BCUT2D eigenvalue weighted by Crippen LogP contribution is -2.30. The third kappa shape index (κ3) is 3.49. The van der Waals surface area contributed by atoms with Gasteiger partial charge in [0.1, 0.15) is 5.82 Å². The van der Waals surface area contributed by atoms with Crippen LogP contribution in [0.3, 0.4) is 0 Å². The van der Waals surface area contributed by atoms with Gasteiger partial charge >= 0.3 is 0 Å². The maximum absolute atomic E-state index is 13.2. The zero-order valence-electron chi connectivity index (χ0n) is 8.31. The highest BCUT2D eigenvalue weighted by atomic mass is 35.5. The van der Waals surface area contributed by atoms with Gasteiger partial charge in [0.25, 0.3) is 5.91 Å². The van der Waals surface area contributed by atoms with E-state index in [4.69, 9.17) is 11.6 Å². The fourth-order valence-electron chi connectivity index (χ4n) is 1.07. The van der Waals surface area contributed by atoms with Crippen LogP contribution in [0.2, 0.25) is 5.02 Å². The molecule has 0 saturated carbocycles. The minimum absolute atomic E-state index is 0.0291. The highest BCUT2D eigenvalue weighted by Crippen LogP contribution is 2.14. The summed E-state index contributed by atoms with van der Waals surface area (Å²) in [6, 6.07) is 3.89. The highest BCUT2D eigenvalue weighted by Gasteiger charge is 2.11. The largest absolute Gasteiger partial charge is 0.351 e. The molecule has 1 aromatic rings. The average Bonchev–Trinajstić information content (AvgIpc) is 2.22. The van der Waals surface area contributed by atoms with E-state index in [0.29, 0.717) is 18.1 Å². The van der Waals surface area contributed by atoms with Gasteiger partial charge in [0.05, 0.1) is 5.56 Å². The summed E-state index contributed by atoms with van der Waals surface area (Å²) in [5.41, 5.74) is -0.0291. The Morgan fingerprint density at radius 3 is 2.87 bits per heavy atom. The van der Waals surface area contributed by atoms with Gasteiger partial charge in [-0.2, -0.15) is 0 Å². The average molecular weight is 231 g/mol. The van der Waals surface area contributed by atoms with Crippen LogP contribution in [-0.4, -0.2) is 26.0 Å². The minimum Gasteiger partial charge on any atom is -0.351 e. The summed E-state index contributed by atoms with van der Waals surface area (Å²) in [4.78, 5) is 11.5. The number of hydrogen-bond acceptors (Lipinski definition) is 2. The first-order valence-corrected chi connectivity index (χ1v) is 4.91. The molecule has 0 spiro atoms. The van der Waals surface area contributed by atoms with E-state index >= 15 is 0 Å². The van der Waals surface area contributed by atoms with Crippen molar-refractivity contribution in [2.45, 2.75) is 0 Å². The molecule has 0 fully saturated rings.